The van der Waals surface area contributed by atoms with Gasteiger partial charge in [-0.1, -0.05) is 36.4 Å². The molecule has 2 saturated heterocycles. The highest BCUT2D eigenvalue weighted by Crippen LogP contribution is 2.33. The zero-order valence-electron chi connectivity index (χ0n) is 21.0. The molecule has 0 aliphatic carbocycles. The average molecular weight is 484 g/mol. The van der Waals surface area contributed by atoms with Crippen LogP contribution in [0.2, 0.25) is 0 Å². The van der Waals surface area contributed by atoms with Gasteiger partial charge < -0.3 is 9.80 Å². The lowest BCUT2D eigenvalue weighted by Gasteiger charge is -2.43. The van der Waals surface area contributed by atoms with E-state index in [0.29, 0.717) is 37.4 Å². The van der Waals surface area contributed by atoms with Gasteiger partial charge in [-0.15, -0.1) is 0 Å². The summed E-state index contributed by atoms with van der Waals surface area (Å²) in [6.07, 6.45) is 1.13. The van der Waals surface area contributed by atoms with E-state index < -0.39 is 10.0 Å². The molecule has 0 spiro atoms. The standard InChI is InChI=1S/C27H37N3O3S/c1-19-17-20(2)22(4)26(21(19)3)34(32,33)29-13-11-24(12-14-29)27(31)30-16-15-28(5)18-25(30)23-9-7-6-8-10-23/h6-10,17,24-25H,11-16,18H2,1-5H3. The van der Waals surface area contributed by atoms with Crippen molar-refractivity contribution >= 4 is 15.9 Å². The Morgan fingerprint density at radius 3 is 2.06 bits per heavy atom. The first kappa shape index (κ1) is 24.9. The fraction of sp³-hybridized carbons (Fsp3) is 0.519. The Balaban J connectivity index is 1.50. The highest BCUT2D eigenvalue weighted by molar-refractivity contribution is 7.89. The molecule has 0 N–H and O–H groups in total. The Bertz CT molecular complexity index is 1130. The van der Waals surface area contributed by atoms with E-state index in [-0.39, 0.29) is 17.9 Å². The number of hydrogen-bond donors (Lipinski definition) is 0. The first-order valence-corrected chi connectivity index (χ1v) is 13.7. The summed E-state index contributed by atoms with van der Waals surface area (Å²) in [6, 6.07) is 12.3. The smallest absolute Gasteiger partial charge is 0.243 e. The van der Waals surface area contributed by atoms with Crippen LogP contribution < -0.4 is 0 Å². The lowest BCUT2D eigenvalue weighted by atomic mass is 9.94. The van der Waals surface area contributed by atoms with Gasteiger partial charge in [-0.05, 0) is 75.4 Å². The molecule has 4 rings (SSSR count). The summed E-state index contributed by atoms with van der Waals surface area (Å²) < 4.78 is 28.8. The van der Waals surface area contributed by atoms with Gasteiger partial charge in [0.1, 0.15) is 0 Å². The van der Waals surface area contributed by atoms with Gasteiger partial charge in [-0.2, -0.15) is 4.31 Å². The second-order valence-corrected chi connectivity index (χ2v) is 11.9. The van der Waals surface area contributed by atoms with Crippen molar-refractivity contribution in [2.24, 2.45) is 5.92 Å². The van der Waals surface area contributed by atoms with Gasteiger partial charge in [-0.25, -0.2) is 8.42 Å². The quantitative estimate of drug-likeness (QED) is 0.663. The van der Waals surface area contributed by atoms with E-state index in [1.54, 1.807) is 4.31 Å². The zero-order chi connectivity index (χ0) is 24.6. The molecule has 6 nitrogen and oxygen atoms in total. The van der Waals surface area contributed by atoms with Gasteiger partial charge in [0, 0.05) is 38.6 Å². The van der Waals surface area contributed by atoms with Crippen molar-refractivity contribution in [3.8, 4) is 0 Å². The highest BCUT2D eigenvalue weighted by Gasteiger charge is 2.38. The van der Waals surface area contributed by atoms with Crippen molar-refractivity contribution in [3.05, 3.63) is 64.2 Å². The predicted octanol–water partition coefficient (Wildman–Crippen LogP) is 3.84. The van der Waals surface area contributed by atoms with Crippen LogP contribution in [0.1, 0.15) is 46.7 Å². The fourth-order valence-electron chi connectivity index (χ4n) is 5.42. The van der Waals surface area contributed by atoms with Crippen LogP contribution >= 0.6 is 0 Å². The summed E-state index contributed by atoms with van der Waals surface area (Å²) in [4.78, 5) is 18.3. The van der Waals surface area contributed by atoms with Crippen LogP contribution in [0.25, 0.3) is 0 Å². The van der Waals surface area contributed by atoms with Crippen LogP contribution in [-0.4, -0.2) is 68.2 Å². The minimum absolute atomic E-state index is 0.0368. The number of carbonyl (C=O) groups excluding carboxylic acids is 1. The van der Waals surface area contributed by atoms with Gasteiger partial charge in [-0.3, -0.25) is 4.79 Å². The monoisotopic (exact) mass is 483 g/mol. The highest BCUT2D eigenvalue weighted by atomic mass is 32.2. The topological polar surface area (TPSA) is 60.9 Å². The Kier molecular flexibility index (Phi) is 7.17. The Labute approximate surface area is 204 Å². The van der Waals surface area contributed by atoms with E-state index in [1.807, 2.05) is 56.9 Å². The summed E-state index contributed by atoms with van der Waals surface area (Å²) in [6.45, 7) is 10.8. The third-order valence-corrected chi connectivity index (χ3v) is 9.92. The third-order valence-electron chi connectivity index (χ3n) is 7.75. The molecule has 2 aromatic carbocycles. The van der Waals surface area contributed by atoms with Crippen LogP contribution in [-0.2, 0) is 14.8 Å². The molecule has 1 atom stereocenters. The maximum Gasteiger partial charge on any atom is 0.243 e. The molecule has 184 valence electrons. The van der Waals surface area contributed by atoms with Crippen molar-refractivity contribution < 1.29 is 13.2 Å². The summed E-state index contributed by atoms with van der Waals surface area (Å²) in [5.74, 6) is 0.0280. The number of carbonyl (C=O) groups is 1. The van der Waals surface area contributed by atoms with E-state index in [2.05, 4.69) is 24.1 Å². The van der Waals surface area contributed by atoms with Crippen LogP contribution in [0.5, 0.6) is 0 Å². The molecule has 2 aromatic rings. The number of aryl methyl sites for hydroxylation is 2. The third kappa shape index (κ3) is 4.66. The second-order valence-electron chi connectivity index (χ2n) is 9.99. The molecule has 2 aliphatic rings. The molecule has 0 aromatic heterocycles. The normalized spacial score (nSPS) is 21.1. The summed E-state index contributed by atoms with van der Waals surface area (Å²) in [7, 11) is -1.51. The molecule has 7 heteroatoms. The van der Waals surface area contributed by atoms with E-state index in [1.165, 1.54) is 0 Å². The van der Waals surface area contributed by atoms with Crippen molar-refractivity contribution in [2.75, 3.05) is 39.8 Å². The van der Waals surface area contributed by atoms with Crippen molar-refractivity contribution in [1.29, 1.82) is 0 Å². The SMILES string of the molecule is Cc1cc(C)c(C)c(S(=O)(=O)N2CCC(C(=O)N3CCN(C)CC3c3ccccc3)CC2)c1C. The molecule has 1 unspecified atom stereocenters. The first-order chi connectivity index (χ1) is 16.1. The van der Waals surface area contributed by atoms with Crippen LogP contribution in [0.15, 0.2) is 41.3 Å². The number of rotatable bonds is 4. The fourth-order valence-corrected chi connectivity index (χ4v) is 7.46. The lowest BCUT2D eigenvalue weighted by Crippen LogP contribution is -2.52. The Morgan fingerprint density at radius 2 is 1.47 bits per heavy atom. The van der Waals surface area contributed by atoms with Crippen LogP contribution in [0, 0.1) is 33.6 Å². The molecule has 1 amide bonds. The molecule has 0 saturated carbocycles. The van der Waals surface area contributed by atoms with Gasteiger partial charge in [0.15, 0.2) is 0 Å². The largest absolute Gasteiger partial charge is 0.333 e. The number of sulfonamides is 1. The van der Waals surface area contributed by atoms with Crippen molar-refractivity contribution in [3.63, 3.8) is 0 Å². The van der Waals surface area contributed by atoms with Gasteiger partial charge in [0.25, 0.3) is 0 Å². The van der Waals surface area contributed by atoms with E-state index in [9.17, 15) is 13.2 Å². The first-order valence-electron chi connectivity index (χ1n) is 12.2. The molecule has 34 heavy (non-hydrogen) atoms. The Morgan fingerprint density at radius 1 is 0.882 bits per heavy atom. The molecule has 2 fully saturated rings. The minimum Gasteiger partial charge on any atom is -0.333 e. The van der Waals surface area contributed by atoms with E-state index in [0.717, 1.165) is 40.9 Å². The summed E-state index contributed by atoms with van der Waals surface area (Å²) in [5.41, 5.74) is 4.79. The zero-order valence-corrected chi connectivity index (χ0v) is 21.9. The average Bonchev–Trinajstić information content (AvgIpc) is 2.83. The van der Waals surface area contributed by atoms with E-state index >= 15 is 0 Å². The molecule has 2 heterocycles. The summed E-state index contributed by atoms with van der Waals surface area (Å²) in [5, 5.41) is 0. The maximum atomic E-state index is 13.6. The second kappa shape index (κ2) is 9.80. The van der Waals surface area contributed by atoms with Crippen molar-refractivity contribution in [2.45, 2.75) is 51.5 Å². The molecule has 0 radical (unpaired) electrons. The number of piperazine rings is 1. The van der Waals surface area contributed by atoms with Crippen LogP contribution in [0.3, 0.4) is 0 Å². The molecular formula is C27H37N3O3S. The summed E-state index contributed by atoms with van der Waals surface area (Å²) >= 11 is 0. The maximum absolute atomic E-state index is 13.6. The van der Waals surface area contributed by atoms with E-state index in [4.69, 9.17) is 0 Å². The number of likely N-dealkylation sites (N-methyl/N-ethyl adjacent to an activating group) is 1. The van der Waals surface area contributed by atoms with Gasteiger partial charge in [0.05, 0.1) is 10.9 Å². The van der Waals surface area contributed by atoms with Gasteiger partial charge >= 0.3 is 0 Å². The number of piperidine rings is 1. The van der Waals surface area contributed by atoms with Crippen LogP contribution in [0.4, 0.5) is 0 Å². The predicted molar refractivity (Wildman–Crippen MR) is 135 cm³/mol. The Hall–Kier alpha value is -2.22. The number of hydrogen-bond acceptors (Lipinski definition) is 4. The lowest BCUT2D eigenvalue weighted by molar-refractivity contribution is -0.141. The molecular weight excluding hydrogens is 446 g/mol. The molecule has 0 bridgehead atoms. The van der Waals surface area contributed by atoms with Gasteiger partial charge in [0.2, 0.25) is 15.9 Å². The number of amides is 1. The molecule has 2 aliphatic heterocycles. The minimum atomic E-state index is -3.60. The van der Waals surface area contributed by atoms with Crippen molar-refractivity contribution in [1.82, 2.24) is 14.1 Å². The number of nitrogens with zero attached hydrogens (tertiary/aromatic N) is 3. The number of benzene rings is 2.